The van der Waals surface area contributed by atoms with Crippen molar-refractivity contribution in [3.05, 3.63) is 0 Å². The van der Waals surface area contributed by atoms with Crippen LogP contribution in [-0.2, 0) is 47.2 Å². The monoisotopic (exact) mass is 400 g/mol. The van der Waals surface area contributed by atoms with Gasteiger partial charge in [0.2, 0.25) is 0 Å². The van der Waals surface area contributed by atoms with Gasteiger partial charge in [-0.05, 0) is 0 Å². The van der Waals surface area contributed by atoms with E-state index in [1.165, 1.54) is 0 Å². The van der Waals surface area contributed by atoms with Gasteiger partial charge >= 0.3 is 31.7 Å². The quantitative estimate of drug-likeness (QED) is 0.273. The van der Waals surface area contributed by atoms with Crippen LogP contribution in [0.25, 0.3) is 0 Å². The zero-order chi connectivity index (χ0) is 20.5. The lowest BCUT2D eigenvalue weighted by atomic mass is 10.1. The molecule has 0 aliphatic heterocycles. The molecule has 0 aliphatic rings. The molecule has 0 saturated carbocycles. The largest absolute Gasteiger partial charge is 0.469 e. The van der Waals surface area contributed by atoms with Gasteiger partial charge in [0, 0.05) is 27.7 Å². The predicted octanol–water partition coefficient (Wildman–Crippen LogP) is -0.546. The van der Waals surface area contributed by atoms with Gasteiger partial charge in [-0.25, -0.2) is 4.57 Å². The molecule has 0 aliphatic carbocycles. The average Bonchev–Trinajstić information content (AvgIpc) is 2.43. The summed E-state index contributed by atoms with van der Waals surface area (Å²) in [6, 6.07) is 0. The SMILES string of the molecule is CC(=O)OC[C@@H](OC(C)=O)[C@@H](OC(C)=O)[C@@H](COP(=O)(O)O)OC(C)=O. The van der Waals surface area contributed by atoms with E-state index in [4.69, 9.17) is 28.7 Å². The average molecular weight is 400 g/mol. The fraction of sp³-hybridized carbons (Fsp3) is 0.692. The lowest BCUT2D eigenvalue weighted by molar-refractivity contribution is -0.191. The molecule has 0 bridgehead atoms. The van der Waals surface area contributed by atoms with E-state index in [-0.39, 0.29) is 0 Å². The van der Waals surface area contributed by atoms with E-state index in [0.29, 0.717) is 0 Å². The molecule has 0 aromatic rings. The Balaban J connectivity index is 5.65. The second kappa shape index (κ2) is 10.9. The molecule has 0 spiro atoms. The van der Waals surface area contributed by atoms with Crippen LogP contribution < -0.4 is 0 Å². The maximum Gasteiger partial charge on any atom is 0.469 e. The first-order valence-corrected chi connectivity index (χ1v) is 8.70. The number of phosphoric ester groups is 1. The molecule has 0 unspecified atom stereocenters. The molecule has 0 saturated heterocycles. The molecular weight excluding hydrogens is 379 g/mol. The number of phosphoric acid groups is 1. The standard InChI is InChI=1S/C13H21O12P/c1-7(14)21-5-11(23-8(2)15)13(25-10(4)17)12(24-9(3)16)6-22-26(18,19)20/h11-13H,5-6H2,1-4H3,(H2,18,19,20)/t11-,12-,13-/m1/s1. The lowest BCUT2D eigenvalue weighted by Gasteiger charge is -2.31. The molecule has 0 radical (unpaired) electrons. The highest BCUT2D eigenvalue weighted by Crippen LogP contribution is 2.36. The molecule has 0 fully saturated rings. The van der Waals surface area contributed by atoms with E-state index < -0.39 is 63.2 Å². The maximum absolute atomic E-state index is 11.4. The molecule has 2 N–H and O–H groups in total. The highest BCUT2D eigenvalue weighted by atomic mass is 31.2. The summed E-state index contributed by atoms with van der Waals surface area (Å²) in [5, 5.41) is 0. The Morgan fingerprint density at radius 3 is 1.54 bits per heavy atom. The van der Waals surface area contributed by atoms with E-state index >= 15 is 0 Å². The van der Waals surface area contributed by atoms with Crippen LogP contribution in [0.4, 0.5) is 0 Å². The van der Waals surface area contributed by atoms with Crippen molar-refractivity contribution in [1.82, 2.24) is 0 Å². The minimum atomic E-state index is -4.95. The smallest absolute Gasteiger partial charge is 0.462 e. The molecule has 0 heterocycles. The van der Waals surface area contributed by atoms with Crippen molar-refractivity contribution in [2.24, 2.45) is 0 Å². The molecule has 150 valence electrons. The van der Waals surface area contributed by atoms with Crippen molar-refractivity contribution in [2.45, 2.75) is 46.0 Å². The first-order valence-electron chi connectivity index (χ1n) is 7.17. The predicted molar refractivity (Wildman–Crippen MR) is 81.3 cm³/mol. The van der Waals surface area contributed by atoms with E-state index in [1.807, 2.05) is 0 Å². The van der Waals surface area contributed by atoms with E-state index in [2.05, 4.69) is 4.52 Å². The summed E-state index contributed by atoms with van der Waals surface area (Å²) in [4.78, 5) is 62.5. The molecule has 26 heavy (non-hydrogen) atoms. The van der Waals surface area contributed by atoms with Gasteiger partial charge in [-0.15, -0.1) is 0 Å². The number of ether oxygens (including phenoxy) is 4. The second-order valence-corrected chi connectivity index (χ2v) is 6.20. The highest BCUT2D eigenvalue weighted by Gasteiger charge is 2.39. The summed E-state index contributed by atoms with van der Waals surface area (Å²) in [7, 11) is -4.95. The van der Waals surface area contributed by atoms with E-state index in [1.54, 1.807) is 0 Å². The normalized spacial score (nSPS) is 14.5. The van der Waals surface area contributed by atoms with Crippen molar-refractivity contribution in [3.63, 3.8) is 0 Å². The topological polar surface area (TPSA) is 172 Å². The van der Waals surface area contributed by atoms with Crippen LogP contribution in [0.3, 0.4) is 0 Å². The minimum absolute atomic E-state index is 0.569. The van der Waals surface area contributed by atoms with Gasteiger partial charge in [-0.2, -0.15) is 0 Å². The first-order chi connectivity index (χ1) is 11.8. The van der Waals surface area contributed by atoms with Crippen LogP contribution in [0, 0.1) is 0 Å². The zero-order valence-corrected chi connectivity index (χ0v) is 15.5. The summed E-state index contributed by atoms with van der Waals surface area (Å²) < 4.78 is 34.7. The Bertz CT molecular complexity index is 567. The van der Waals surface area contributed by atoms with Crippen molar-refractivity contribution in [3.8, 4) is 0 Å². The highest BCUT2D eigenvalue weighted by molar-refractivity contribution is 7.46. The van der Waals surface area contributed by atoms with Gasteiger partial charge in [-0.3, -0.25) is 23.7 Å². The molecule has 3 atom stereocenters. The Hall–Kier alpha value is -2.01. The lowest BCUT2D eigenvalue weighted by Crippen LogP contribution is -2.49. The number of esters is 4. The van der Waals surface area contributed by atoms with Gasteiger partial charge in [0.15, 0.2) is 18.3 Å². The Morgan fingerprint density at radius 2 is 1.19 bits per heavy atom. The third-order valence-corrected chi connectivity index (χ3v) is 3.01. The summed E-state index contributed by atoms with van der Waals surface area (Å²) in [6.45, 7) is 2.63. The Labute approximate surface area is 148 Å². The molecule has 0 aromatic carbocycles. The van der Waals surface area contributed by atoms with Gasteiger partial charge in [-0.1, -0.05) is 0 Å². The van der Waals surface area contributed by atoms with E-state index in [9.17, 15) is 23.7 Å². The minimum Gasteiger partial charge on any atom is -0.462 e. The zero-order valence-electron chi connectivity index (χ0n) is 14.6. The Kier molecular flexibility index (Phi) is 10.0. The third-order valence-electron chi connectivity index (χ3n) is 2.53. The number of carbonyl (C=O) groups is 4. The van der Waals surface area contributed by atoms with Crippen molar-refractivity contribution in [1.29, 1.82) is 0 Å². The first kappa shape index (κ1) is 24.0. The van der Waals surface area contributed by atoms with Crippen LogP contribution >= 0.6 is 7.82 Å². The van der Waals surface area contributed by atoms with Crippen LogP contribution in [0.5, 0.6) is 0 Å². The number of hydrogen-bond donors (Lipinski definition) is 2. The van der Waals surface area contributed by atoms with Gasteiger partial charge in [0.05, 0.1) is 6.61 Å². The summed E-state index contributed by atoms with van der Waals surface area (Å²) in [6.07, 6.45) is -4.56. The van der Waals surface area contributed by atoms with Crippen LogP contribution in [0.1, 0.15) is 27.7 Å². The van der Waals surface area contributed by atoms with Crippen LogP contribution in [0.15, 0.2) is 0 Å². The van der Waals surface area contributed by atoms with Gasteiger partial charge < -0.3 is 28.7 Å². The fourth-order valence-corrected chi connectivity index (χ4v) is 2.11. The van der Waals surface area contributed by atoms with Gasteiger partial charge in [0.25, 0.3) is 0 Å². The van der Waals surface area contributed by atoms with Gasteiger partial charge in [0.1, 0.15) is 6.61 Å². The number of rotatable bonds is 10. The van der Waals surface area contributed by atoms with Crippen LogP contribution in [0.2, 0.25) is 0 Å². The van der Waals surface area contributed by atoms with Crippen molar-refractivity contribution in [2.75, 3.05) is 13.2 Å². The van der Waals surface area contributed by atoms with Crippen molar-refractivity contribution >= 4 is 31.7 Å². The maximum atomic E-state index is 11.4. The Morgan fingerprint density at radius 1 is 0.769 bits per heavy atom. The number of carbonyl (C=O) groups excluding carboxylic acids is 4. The molecule has 13 heteroatoms. The third kappa shape index (κ3) is 11.5. The molecule has 0 rings (SSSR count). The summed E-state index contributed by atoms with van der Waals surface area (Å²) in [5.41, 5.74) is 0. The molecular formula is C13H21O12P. The fourth-order valence-electron chi connectivity index (χ4n) is 1.77. The molecule has 0 aromatic heterocycles. The molecule has 12 nitrogen and oxygen atoms in total. The number of hydrogen-bond acceptors (Lipinski definition) is 10. The molecule has 0 amide bonds. The van der Waals surface area contributed by atoms with Crippen LogP contribution in [-0.4, -0.2) is 65.2 Å². The van der Waals surface area contributed by atoms with E-state index in [0.717, 1.165) is 27.7 Å². The summed E-state index contributed by atoms with van der Waals surface area (Å²) in [5.74, 6) is -3.35. The second-order valence-electron chi connectivity index (χ2n) is 4.96. The van der Waals surface area contributed by atoms with Crippen molar-refractivity contribution < 1.29 is 57.0 Å². The summed E-state index contributed by atoms with van der Waals surface area (Å²) >= 11 is 0.